The number of nitrogens with zero attached hydrogens (tertiary/aromatic N) is 1. The number of nitrogens with one attached hydrogen (secondary N) is 1. The second-order valence-electron chi connectivity index (χ2n) is 5.28. The maximum Gasteiger partial charge on any atom is 0.319 e. The normalized spacial score (nSPS) is 33.1. The molecule has 0 aromatic carbocycles. The van der Waals surface area contributed by atoms with Gasteiger partial charge in [-0.25, -0.2) is 0 Å². The third kappa shape index (κ3) is 0.794. The van der Waals surface area contributed by atoms with E-state index in [2.05, 4.69) is 24.0 Å². The number of carbonyl (C=O) groups is 1. The lowest BCUT2D eigenvalue weighted by Gasteiger charge is -2.17. The second kappa shape index (κ2) is 2.67. The van der Waals surface area contributed by atoms with Crippen molar-refractivity contribution in [3.63, 3.8) is 0 Å². The number of aromatic amines is 1. The topological polar surface area (TPSA) is 55.0 Å². The zero-order valence-electron chi connectivity index (χ0n) is 9.83. The number of hydrogen-bond acceptors (Lipinski definition) is 3. The summed E-state index contributed by atoms with van der Waals surface area (Å²) in [5, 5.41) is 7.04. The molecule has 3 rings (SSSR count). The van der Waals surface area contributed by atoms with Gasteiger partial charge in [0, 0.05) is 0 Å². The number of ether oxygens (including phenoxy) is 1. The summed E-state index contributed by atoms with van der Waals surface area (Å²) in [4.78, 5) is 12.2. The van der Waals surface area contributed by atoms with Crippen molar-refractivity contribution in [1.29, 1.82) is 0 Å². The average molecular weight is 220 g/mol. The molecule has 0 bridgehead atoms. The van der Waals surface area contributed by atoms with E-state index in [9.17, 15) is 4.79 Å². The van der Waals surface area contributed by atoms with Crippen molar-refractivity contribution in [3.8, 4) is 0 Å². The van der Waals surface area contributed by atoms with Crippen LogP contribution in [-0.4, -0.2) is 22.8 Å². The molecule has 1 aromatic heterocycles. The summed E-state index contributed by atoms with van der Waals surface area (Å²) >= 11 is 0. The molecule has 2 unspecified atom stereocenters. The molecule has 1 saturated carbocycles. The summed E-state index contributed by atoms with van der Waals surface area (Å²) in [6.07, 6.45) is 2.77. The van der Waals surface area contributed by atoms with Gasteiger partial charge in [0.2, 0.25) is 0 Å². The van der Waals surface area contributed by atoms with Crippen molar-refractivity contribution >= 4 is 5.97 Å². The Labute approximate surface area is 94.4 Å². The fourth-order valence-electron chi connectivity index (χ4n) is 3.55. The van der Waals surface area contributed by atoms with Crippen LogP contribution >= 0.6 is 0 Å². The van der Waals surface area contributed by atoms with Gasteiger partial charge in [-0.1, -0.05) is 13.8 Å². The molecule has 0 aliphatic heterocycles. The fourth-order valence-corrected chi connectivity index (χ4v) is 3.55. The highest BCUT2D eigenvalue weighted by Crippen LogP contribution is 2.74. The molecule has 0 radical (unpaired) electrons. The summed E-state index contributed by atoms with van der Waals surface area (Å²) in [7, 11) is 0. The van der Waals surface area contributed by atoms with E-state index in [0.29, 0.717) is 12.5 Å². The van der Waals surface area contributed by atoms with Crippen LogP contribution in [0.5, 0.6) is 0 Å². The van der Waals surface area contributed by atoms with E-state index in [1.165, 1.54) is 5.56 Å². The molecule has 2 atom stereocenters. The minimum atomic E-state index is -0.450. The standard InChI is InChI=1S/C12H16N2O2/c1-4-16-10(15)12-8(11(12,2)3)5-7-6-13-14-9(7)12/h6,8H,4-5H2,1-3H3,(H,13,14). The molecule has 1 N–H and O–H groups in total. The van der Waals surface area contributed by atoms with Gasteiger partial charge in [-0.05, 0) is 30.2 Å². The first-order chi connectivity index (χ1) is 7.56. The highest BCUT2D eigenvalue weighted by Gasteiger charge is 2.80. The summed E-state index contributed by atoms with van der Waals surface area (Å²) in [6.45, 7) is 6.56. The Kier molecular flexibility index (Phi) is 1.65. The smallest absolute Gasteiger partial charge is 0.319 e. The lowest BCUT2D eigenvalue weighted by atomic mass is 9.90. The van der Waals surface area contributed by atoms with E-state index >= 15 is 0 Å². The number of rotatable bonds is 2. The van der Waals surface area contributed by atoms with Crippen LogP contribution in [0.2, 0.25) is 0 Å². The summed E-state index contributed by atoms with van der Waals surface area (Å²) in [6, 6.07) is 0. The summed E-state index contributed by atoms with van der Waals surface area (Å²) in [5.41, 5.74) is 1.71. The van der Waals surface area contributed by atoms with E-state index in [0.717, 1.165) is 12.1 Å². The third-order valence-electron chi connectivity index (χ3n) is 4.46. The third-order valence-corrected chi connectivity index (χ3v) is 4.46. The Morgan fingerprint density at radius 1 is 1.69 bits per heavy atom. The Morgan fingerprint density at radius 3 is 3.12 bits per heavy atom. The number of fused-ring (bicyclic) bond motifs is 3. The first kappa shape index (κ1) is 9.87. The quantitative estimate of drug-likeness (QED) is 0.767. The molecule has 0 amide bonds. The molecule has 2 aliphatic rings. The summed E-state index contributed by atoms with van der Waals surface area (Å²) in [5.74, 6) is 0.288. The Morgan fingerprint density at radius 2 is 2.44 bits per heavy atom. The molecule has 1 heterocycles. The monoisotopic (exact) mass is 220 g/mol. The minimum absolute atomic E-state index is 0.00120. The van der Waals surface area contributed by atoms with Crippen LogP contribution < -0.4 is 0 Å². The zero-order valence-corrected chi connectivity index (χ0v) is 9.83. The number of H-pyrrole nitrogens is 1. The van der Waals surface area contributed by atoms with Gasteiger partial charge in [-0.15, -0.1) is 0 Å². The maximum atomic E-state index is 12.2. The molecule has 1 aromatic rings. The van der Waals surface area contributed by atoms with Crippen LogP contribution in [0, 0.1) is 11.3 Å². The first-order valence-corrected chi connectivity index (χ1v) is 5.76. The SMILES string of the molecule is CCOC(=O)C12c3[nH]ncc3CC1C2(C)C. The van der Waals surface area contributed by atoms with Crippen molar-refractivity contribution in [3.05, 3.63) is 17.5 Å². The predicted molar refractivity (Wildman–Crippen MR) is 57.9 cm³/mol. The first-order valence-electron chi connectivity index (χ1n) is 5.76. The molecular formula is C12H16N2O2. The predicted octanol–water partition coefficient (Wildman–Crippen LogP) is 1.42. The molecule has 4 heteroatoms. The Balaban J connectivity index is 2.08. The van der Waals surface area contributed by atoms with Crippen molar-refractivity contribution in [2.75, 3.05) is 6.61 Å². The van der Waals surface area contributed by atoms with Crippen LogP contribution in [-0.2, 0) is 21.4 Å². The molecule has 16 heavy (non-hydrogen) atoms. The van der Waals surface area contributed by atoms with Gasteiger partial charge in [-0.3, -0.25) is 9.89 Å². The highest BCUT2D eigenvalue weighted by atomic mass is 16.5. The van der Waals surface area contributed by atoms with Gasteiger partial charge >= 0.3 is 5.97 Å². The zero-order chi connectivity index (χ0) is 11.6. The van der Waals surface area contributed by atoms with Gasteiger partial charge in [0.25, 0.3) is 0 Å². The van der Waals surface area contributed by atoms with Crippen molar-refractivity contribution in [2.45, 2.75) is 32.6 Å². The highest BCUT2D eigenvalue weighted by molar-refractivity contribution is 5.91. The molecule has 0 saturated heterocycles. The van der Waals surface area contributed by atoms with Gasteiger partial charge < -0.3 is 4.74 Å². The van der Waals surface area contributed by atoms with E-state index in [-0.39, 0.29) is 11.4 Å². The maximum absolute atomic E-state index is 12.2. The van der Waals surface area contributed by atoms with E-state index in [1.54, 1.807) is 0 Å². The van der Waals surface area contributed by atoms with Gasteiger partial charge in [-0.2, -0.15) is 5.10 Å². The molecule has 0 spiro atoms. The average Bonchev–Trinajstić information content (AvgIpc) is 2.61. The van der Waals surface area contributed by atoms with Crippen molar-refractivity contribution in [2.24, 2.45) is 11.3 Å². The number of aromatic nitrogens is 2. The Hall–Kier alpha value is -1.32. The van der Waals surface area contributed by atoms with Gasteiger partial charge in [0.1, 0.15) is 5.41 Å². The second-order valence-corrected chi connectivity index (χ2v) is 5.28. The van der Waals surface area contributed by atoms with Crippen LogP contribution in [0.25, 0.3) is 0 Å². The lowest BCUT2D eigenvalue weighted by Crippen LogP contribution is -2.28. The van der Waals surface area contributed by atoms with Crippen molar-refractivity contribution < 1.29 is 9.53 Å². The molecular weight excluding hydrogens is 204 g/mol. The number of hydrogen-bond donors (Lipinski definition) is 1. The van der Waals surface area contributed by atoms with Crippen LogP contribution in [0.3, 0.4) is 0 Å². The molecule has 1 fully saturated rings. The van der Waals surface area contributed by atoms with Crippen molar-refractivity contribution in [1.82, 2.24) is 10.2 Å². The van der Waals surface area contributed by atoms with Crippen LogP contribution in [0.4, 0.5) is 0 Å². The van der Waals surface area contributed by atoms with Gasteiger partial charge in [0.15, 0.2) is 0 Å². The Bertz CT molecular complexity index is 463. The number of carbonyl (C=O) groups excluding carboxylic acids is 1. The van der Waals surface area contributed by atoms with E-state index in [1.807, 2.05) is 13.1 Å². The van der Waals surface area contributed by atoms with E-state index < -0.39 is 5.41 Å². The summed E-state index contributed by atoms with van der Waals surface area (Å²) < 4.78 is 5.25. The lowest BCUT2D eigenvalue weighted by molar-refractivity contribution is -0.147. The molecule has 4 nitrogen and oxygen atoms in total. The van der Waals surface area contributed by atoms with Crippen LogP contribution in [0.15, 0.2) is 6.20 Å². The molecule has 86 valence electrons. The largest absolute Gasteiger partial charge is 0.465 e. The van der Waals surface area contributed by atoms with E-state index in [4.69, 9.17) is 4.74 Å². The number of esters is 1. The fraction of sp³-hybridized carbons (Fsp3) is 0.667. The molecule has 2 aliphatic carbocycles. The van der Waals surface area contributed by atoms with Gasteiger partial charge in [0.05, 0.1) is 18.5 Å². The minimum Gasteiger partial charge on any atom is -0.465 e. The van der Waals surface area contributed by atoms with Crippen LogP contribution in [0.1, 0.15) is 32.0 Å².